The Kier molecular flexibility index (Phi) is 3.45. The normalized spacial score (nSPS) is 15.1. The Balaban J connectivity index is 1.94. The van der Waals surface area contributed by atoms with Gasteiger partial charge in [-0.05, 0) is 34.0 Å². The summed E-state index contributed by atoms with van der Waals surface area (Å²) in [5.74, 6) is -0.00639. The van der Waals surface area contributed by atoms with Crippen LogP contribution < -0.4 is 16.6 Å². The van der Waals surface area contributed by atoms with Crippen LogP contribution in [0.4, 0.5) is 11.5 Å². The molecule has 0 amide bonds. The van der Waals surface area contributed by atoms with Crippen LogP contribution in [0.3, 0.4) is 0 Å². The number of aromatic amines is 2. The molecule has 5 rings (SSSR count). The van der Waals surface area contributed by atoms with Crippen molar-refractivity contribution in [3.05, 3.63) is 103 Å². The van der Waals surface area contributed by atoms with Crippen molar-refractivity contribution in [1.29, 1.82) is 0 Å². The highest BCUT2D eigenvalue weighted by Gasteiger charge is 2.33. The van der Waals surface area contributed by atoms with Crippen LogP contribution in [0.15, 0.2) is 70.3 Å². The minimum absolute atomic E-state index is 0.399. The van der Waals surface area contributed by atoms with Gasteiger partial charge in [0.25, 0.3) is 5.56 Å². The van der Waals surface area contributed by atoms with E-state index in [0.717, 1.165) is 27.6 Å². The van der Waals surface area contributed by atoms with Crippen LogP contribution in [0.5, 0.6) is 0 Å². The summed E-state index contributed by atoms with van der Waals surface area (Å²) in [6.07, 6.45) is 0. The third kappa shape index (κ3) is 2.39. The molecule has 3 N–H and O–H groups in total. The smallest absolute Gasteiger partial charge is 0.327 e. The molecule has 5 nitrogen and oxygen atoms in total. The van der Waals surface area contributed by atoms with Gasteiger partial charge in [0.15, 0.2) is 0 Å². The first kappa shape index (κ1) is 15.9. The third-order valence-electron chi connectivity index (χ3n) is 5.00. The number of fused-ring (bicyclic) bond motifs is 4. The highest BCUT2D eigenvalue weighted by Crippen LogP contribution is 2.46. The summed E-state index contributed by atoms with van der Waals surface area (Å²) < 4.78 is 0. The van der Waals surface area contributed by atoms with E-state index in [0.29, 0.717) is 16.4 Å². The molecule has 0 spiro atoms. The zero-order valence-corrected chi connectivity index (χ0v) is 14.8. The SMILES string of the molecule is O=c1[nH]c2c(c(=O)[nH]1)[C@@H](c1ccccc1Cl)c1c(ccc3ccccc13)N2. The summed E-state index contributed by atoms with van der Waals surface area (Å²) in [5, 5.41) is 5.88. The maximum atomic E-state index is 12.8. The molecule has 0 aliphatic carbocycles. The van der Waals surface area contributed by atoms with E-state index in [2.05, 4.69) is 15.3 Å². The molecule has 4 aromatic rings. The zero-order valence-electron chi connectivity index (χ0n) is 14.0. The number of anilines is 2. The van der Waals surface area contributed by atoms with Crippen molar-refractivity contribution in [3.63, 3.8) is 0 Å². The Labute approximate surface area is 158 Å². The molecule has 3 aromatic carbocycles. The first-order chi connectivity index (χ1) is 13.1. The average molecular weight is 376 g/mol. The van der Waals surface area contributed by atoms with Gasteiger partial charge in [0.2, 0.25) is 0 Å². The van der Waals surface area contributed by atoms with Gasteiger partial charge in [0.05, 0.1) is 5.56 Å². The average Bonchev–Trinajstić information content (AvgIpc) is 2.66. The molecule has 2 heterocycles. The zero-order chi connectivity index (χ0) is 18.5. The van der Waals surface area contributed by atoms with Crippen LogP contribution >= 0.6 is 11.6 Å². The van der Waals surface area contributed by atoms with E-state index in [9.17, 15) is 9.59 Å². The molecule has 0 radical (unpaired) electrons. The molecule has 1 aliphatic rings. The number of aromatic nitrogens is 2. The monoisotopic (exact) mass is 375 g/mol. The summed E-state index contributed by atoms with van der Waals surface area (Å²) in [5.41, 5.74) is 2.10. The van der Waals surface area contributed by atoms with E-state index in [1.54, 1.807) is 0 Å². The number of halogens is 1. The lowest BCUT2D eigenvalue weighted by molar-refractivity contribution is 0.893. The molecule has 27 heavy (non-hydrogen) atoms. The standard InChI is InChI=1S/C21H14ClN3O2/c22-14-8-4-3-7-13(14)17-16-12-6-2-1-5-11(12)9-10-15(16)23-19-18(17)20(26)25-21(27)24-19/h1-10,17H,(H3,23,24,25,26,27)/t17-/m0/s1. The van der Waals surface area contributed by atoms with Crippen molar-refractivity contribution in [2.24, 2.45) is 0 Å². The van der Waals surface area contributed by atoms with Crippen molar-refractivity contribution < 1.29 is 0 Å². The van der Waals surface area contributed by atoms with Gasteiger partial charge >= 0.3 is 5.69 Å². The molecule has 0 fully saturated rings. The maximum absolute atomic E-state index is 12.8. The van der Waals surface area contributed by atoms with E-state index in [-0.39, 0.29) is 0 Å². The van der Waals surface area contributed by atoms with Gasteiger partial charge in [0.1, 0.15) is 5.82 Å². The van der Waals surface area contributed by atoms with Gasteiger partial charge in [-0.3, -0.25) is 14.8 Å². The quantitative estimate of drug-likeness (QED) is 0.412. The molecule has 0 bridgehead atoms. The fraction of sp³-hybridized carbons (Fsp3) is 0.0476. The molecule has 1 atom stereocenters. The van der Waals surface area contributed by atoms with Gasteiger partial charge in [-0.25, -0.2) is 4.79 Å². The number of rotatable bonds is 1. The molecule has 1 aliphatic heterocycles. The van der Waals surface area contributed by atoms with Crippen molar-refractivity contribution in [2.45, 2.75) is 5.92 Å². The molecule has 0 saturated heterocycles. The summed E-state index contributed by atoms with van der Waals surface area (Å²) in [7, 11) is 0. The number of benzene rings is 3. The van der Waals surface area contributed by atoms with E-state index >= 15 is 0 Å². The number of nitrogens with one attached hydrogen (secondary N) is 3. The van der Waals surface area contributed by atoms with Crippen molar-refractivity contribution >= 4 is 33.9 Å². The van der Waals surface area contributed by atoms with Crippen LogP contribution in [-0.2, 0) is 0 Å². The van der Waals surface area contributed by atoms with Crippen molar-refractivity contribution in [3.8, 4) is 0 Å². The molecular weight excluding hydrogens is 362 g/mol. The molecule has 0 saturated carbocycles. The number of hydrogen-bond acceptors (Lipinski definition) is 3. The minimum Gasteiger partial charge on any atom is -0.341 e. The van der Waals surface area contributed by atoms with E-state index in [4.69, 9.17) is 11.6 Å². The summed E-state index contributed by atoms with van der Waals surface area (Å²) >= 11 is 6.52. The summed E-state index contributed by atoms with van der Waals surface area (Å²) in [4.78, 5) is 29.6. The van der Waals surface area contributed by atoms with Gasteiger partial charge in [-0.1, -0.05) is 60.1 Å². The van der Waals surface area contributed by atoms with E-state index < -0.39 is 17.2 Å². The largest absolute Gasteiger partial charge is 0.341 e. The molecule has 6 heteroatoms. The van der Waals surface area contributed by atoms with Crippen molar-refractivity contribution in [1.82, 2.24) is 9.97 Å². The topological polar surface area (TPSA) is 77.8 Å². The van der Waals surface area contributed by atoms with Crippen LogP contribution in [0.25, 0.3) is 10.8 Å². The van der Waals surface area contributed by atoms with Crippen molar-refractivity contribution in [2.75, 3.05) is 5.32 Å². The second kappa shape index (κ2) is 5.86. The number of hydrogen-bond donors (Lipinski definition) is 3. The Hall–Kier alpha value is -3.31. The molecule has 132 valence electrons. The molecular formula is C21H14ClN3O2. The van der Waals surface area contributed by atoms with Gasteiger partial charge in [0, 0.05) is 16.6 Å². The fourth-order valence-corrected chi connectivity index (χ4v) is 4.13. The minimum atomic E-state index is -0.548. The van der Waals surface area contributed by atoms with Crippen LogP contribution in [-0.4, -0.2) is 9.97 Å². The van der Waals surface area contributed by atoms with Gasteiger partial charge in [-0.15, -0.1) is 0 Å². The maximum Gasteiger partial charge on any atom is 0.327 e. The third-order valence-corrected chi connectivity index (χ3v) is 5.35. The molecule has 1 aromatic heterocycles. The van der Waals surface area contributed by atoms with Crippen LogP contribution in [0, 0.1) is 0 Å². The van der Waals surface area contributed by atoms with E-state index in [1.165, 1.54) is 0 Å². The fourth-order valence-electron chi connectivity index (χ4n) is 3.88. The lowest BCUT2D eigenvalue weighted by Crippen LogP contribution is -2.32. The van der Waals surface area contributed by atoms with Crippen LogP contribution in [0.2, 0.25) is 5.02 Å². The highest BCUT2D eigenvalue weighted by atomic mass is 35.5. The van der Waals surface area contributed by atoms with E-state index in [1.807, 2.05) is 60.7 Å². The first-order valence-corrected chi connectivity index (χ1v) is 8.91. The lowest BCUT2D eigenvalue weighted by Gasteiger charge is -2.30. The summed E-state index contributed by atoms with van der Waals surface area (Å²) in [6.45, 7) is 0. The Morgan fingerprint density at radius 3 is 2.44 bits per heavy atom. The van der Waals surface area contributed by atoms with Crippen LogP contribution in [0.1, 0.15) is 22.6 Å². The number of H-pyrrole nitrogens is 2. The Bertz CT molecular complexity index is 1320. The van der Waals surface area contributed by atoms with Gasteiger partial charge < -0.3 is 5.32 Å². The second-order valence-corrected chi connectivity index (χ2v) is 6.93. The Morgan fingerprint density at radius 2 is 1.59 bits per heavy atom. The second-order valence-electron chi connectivity index (χ2n) is 6.52. The molecule has 0 unspecified atom stereocenters. The lowest BCUT2D eigenvalue weighted by atomic mass is 9.80. The van der Waals surface area contributed by atoms with Gasteiger partial charge in [-0.2, -0.15) is 0 Å². The Morgan fingerprint density at radius 1 is 0.815 bits per heavy atom. The summed E-state index contributed by atoms with van der Waals surface area (Å²) in [6, 6.07) is 19.5. The highest BCUT2D eigenvalue weighted by molar-refractivity contribution is 6.31. The predicted molar refractivity (Wildman–Crippen MR) is 107 cm³/mol. The first-order valence-electron chi connectivity index (χ1n) is 8.53. The predicted octanol–water partition coefficient (Wildman–Crippen LogP) is 4.11.